The lowest BCUT2D eigenvalue weighted by molar-refractivity contribution is -0.112. The van der Waals surface area contributed by atoms with Crippen LogP contribution in [0.15, 0.2) is 53.6 Å². The summed E-state index contributed by atoms with van der Waals surface area (Å²) >= 11 is 5.39. The molecule has 0 atom stereocenters. The molecule has 0 fully saturated rings. The average Bonchev–Trinajstić information content (AvgIpc) is 2.43. The van der Waals surface area contributed by atoms with Crippen LogP contribution in [0.25, 0.3) is 0 Å². The maximum absolute atomic E-state index is 12.0. The summed E-state index contributed by atoms with van der Waals surface area (Å²) in [7, 11) is 0. The smallest absolute Gasteiger partial charge is 0.251 e. The van der Waals surface area contributed by atoms with Crippen LogP contribution in [-0.4, -0.2) is 5.91 Å². The van der Waals surface area contributed by atoms with Gasteiger partial charge >= 0.3 is 0 Å². The summed E-state index contributed by atoms with van der Waals surface area (Å²) in [6, 6.07) is 5.98. The molecule has 1 amide bonds. The summed E-state index contributed by atoms with van der Waals surface area (Å²) in [5, 5.41) is 2.89. The molecule has 0 saturated carbocycles. The van der Waals surface area contributed by atoms with Gasteiger partial charge in [-0.05, 0) is 43.5 Å². The lowest BCUT2D eigenvalue weighted by Gasteiger charge is -2.08. The summed E-state index contributed by atoms with van der Waals surface area (Å²) in [5.41, 5.74) is 5.37. The number of allylic oxidation sites excluding steroid dienone is 4. The van der Waals surface area contributed by atoms with Crippen LogP contribution in [0.3, 0.4) is 0 Å². The number of halogens is 1. The van der Waals surface area contributed by atoms with Crippen LogP contribution in [0.4, 0.5) is 5.69 Å². The van der Waals surface area contributed by atoms with Gasteiger partial charge in [-0.3, -0.25) is 4.79 Å². The minimum atomic E-state index is -0.104. The summed E-state index contributed by atoms with van der Waals surface area (Å²) in [5.74, 6) is -0.104. The summed E-state index contributed by atoms with van der Waals surface area (Å²) < 4.78 is 0. The van der Waals surface area contributed by atoms with Crippen molar-refractivity contribution in [3.8, 4) is 0 Å². The first-order chi connectivity index (χ1) is 9.58. The molecule has 1 aromatic carbocycles. The highest BCUT2D eigenvalue weighted by atomic mass is 35.5. The fraction of sp³-hybridized carbons (Fsp3) is 0.235. The van der Waals surface area contributed by atoms with E-state index < -0.39 is 0 Å². The van der Waals surface area contributed by atoms with Gasteiger partial charge in [-0.25, -0.2) is 0 Å². The minimum absolute atomic E-state index is 0.104. The number of rotatable bonds is 5. The second-order valence-electron chi connectivity index (χ2n) is 4.50. The number of benzene rings is 1. The molecule has 0 aliphatic rings. The number of hydrogen-bond donors (Lipinski definition) is 1. The molecule has 2 nitrogen and oxygen atoms in total. The van der Waals surface area contributed by atoms with Gasteiger partial charge in [0.05, 0.1) is 0 Å². The molecular formula is C17H20ClNO. The Kier molecular flexibility index (Phi) is 6.82. The van der Waals surface area contributed by atoms with Gasteiger partial charge in [-0.1, -0.05) is 48.9 Å². The molecule has 0 unspecified atom stereocenters. The van der Waals surface area contributed by atoms with E-state index in [-0.39, 0.29) is 5.91 Å². The van der Waals surface area contributed by atoms with Crippen LogP contribution in [0.2, 0.25) is 0 Å². The fourth-order valence-electron chi connectivity index (χ4n) is 1.78. The molecule has 0 spiro atoms. The molecule has 1 N–H and O–H groups in total. The monoisotopic (exact) mass is 289 g/mol. The molecule has 1 rings (SSSR count). The lowest BCUT2D eigenvalue weighted by Crippen LogP contribution is -2.12. The van der Waals surface area contributed by atoms with E-state index in [1.165, 1.54) is 16.7 Å². The molecular weight excluding hydrogens is 270 g/mol. The summed E-state index contributed by atoms with van der Waals surface area (Å²) in [6.45, 7) is 5.95. The maximum Gasteiger partial charge on any atom is 0.251 e. The van der Waals surface area contributed by atoms with Gasteiger partial charge < -0.3 is 5.32 Å². The normalized spacial score (nSPS) is 12.3. The Balaban J connectivity index is 2.73. The quantitative estimate of drug-likeness (QED) is 0.615. The number of carbonyl (C=O) groups is 1. The second kappa shape index (κ2) is 8.39. The highest BCUT2D eigenvalue weighted by Gasteiger charge is 2.05. The van der Waals surface area contributed by atoms with Crippen molar-refractivity contribution in [3.63, 3.8) is 0 Å². The zero-order valence-corrected chi connectivity index (χ0v) is 12.9. The van der Waals surface area contributed by atoms with E-state index in [0.29, 0.717) is 5.57 Å². The first-order valence-corrected chi connectivity index (χ1v) is 7.03. The van der Waals surface area contributed by atoms with Gasteiger partial charge in [0.1, 0.15) is 0 Å². The van der Waals surface area contributed by atoms with Crippen LogP contribution < -0.4 is 5.32 Å². The van der Waals surface area contributed by atoms with Crippen molar-refractivity contribution < 1.29 is 4.79 Å². The first-order valence-electron chi connectivity index (χ1n) is 6.59. The van der Waals surface area contributed by atoms with Crippen molar-refractivity contribution in [1.82, 2.24) is 0 Å². The molecule has 0 aliphatic heterocycles. The number of carbonyl (C=O) groups excluding carboxylic acids is 1. The van der Waals surface area contributed by atoms with E-state index in [4.69, 9.17) is 11.6 Å². The Morgan fingerprint density at radius 2 is 2.05 bits per heavy atom. The third-order valence-electron chi connectivity index (χ3n) is 2.98. The number of nitrogens with one attached hydrogen (secondary N) is 1. The van der Waals surface area contributed by atoms with Gasteiger partial charge in [-0.2, -0.15) is 0 Å². The van der Waals surface area contributed by atoms with E-state index in [1.807, 2.05) is 12.1 Å². The average molecular weight is 290 g/mol. The lowest BCUT2D eigenvalue weighted by atomic mass is 10.1. The third kappa shape index (κ3) is 5.06. The number of hydrogen-bond acceptors (Lipinski definition) is 1. The van der Waals surface area contributed by atoms with Crippen LogP contribution in [-0.2, 0) is 11.2 Å². The van der Waals surface area contributed by atoms with Crippen molar-refractivity contribution >= 4 is 23.2 Å². The summed E-state index contributed by atoms with van der Waals surface area (Å²) in [6.07, 6.45) is 7.98. The molecule has 0 radical (unpaired) electrons. The van der Waals surface area contributed by atoms with Crippen LogP contribution >= 0.6 is 11.6 Å². The number of aryl methyl sites for hydroxylation is 2. The van der Waals surface area contributed by atoms with Crippen molar-refractivity contribution in [3.05, 3.63) is 64.7 Å². The van der Waals surface area contributed by atoms with E-state index >= 15 is 0 Å². The molecule has 1 aromatic rings. The SMILES string of the molecule is CCc1ccc(NC(=O)/C(C)=C/C=C\C=C\Cl)cc1C. The Labute approximate surface area is 125 Å². The van der Waals surface area contributed by atoms with Crippen molar-refractivity contribution in [2.45, 2.75) is 27.2 Å². The molecule has 0 heterocycles. The Hall–Kier alpha value is -1.80. The Morgan fingerprint density at radius 3 is 2.65 bits per heavy atom. The van der Waals surface area contributed by atoms with E-state index in [1.54, 1.807) is 31.2 Å². The minimum Gasteiger partial charge on any atom is -0.322 e. The zero-order valence-electron chi connectivity index (χ0n) is 12.1. The first kappa shape index (κ1) is 16.3. The van der Waals surface area contributed by atoms with Gasteiger partial charge in [0.2, 0.25) is 0 Å². The number of anilines is 1. The second-order valence-corrected chi connectivity index (χ2v) is 4.75. The van der Waals surface area contributed by atoms with Gasteiger partial charge in [-0.15, -0.1) is 0 Å². The maximum atomic E-state index is 12.0. The van der Waals surface area contributed by atoms with Crippen LogP contribution in [0.1, 0.15) is 25.0 Å². The molecule has 0 aromatic heterocycles. The number of amides is 1. The fourth-order valence-corrected chi connectivity index (χ4v) is 1.87. The topological polar surface area (TPSA) is 29.1 Å². The highest BCUT2D eigenvalue weighted by Crippen LogP contribution is 2.16. The van der Waals surface area contributed by atoms with Gasteiger partial charge in [0, 0.05) is 16.8 Å². The predicted octanol–water partition coefficient (Wildman–Crippen LogP) is 4.75. The largest absolute Gasteiger partial charge is 0.322 e. The van der Waals surface area contributed by atoms with Crippen molar-refractivity contribution in [1.29, 1.82) is 0 Å². The highest BCUT2D eigenvalue weighted by molar-refractivity contribution is 6.25. The molecule has 106 valence electrons. The van der Waals surface area contributed by atoms with Crippen LogP contribution in [0, 0.1) is 6.92 Å². The standard InChI is InChI=1S/C17H20ClNO/c1-4-15-9-10-16(12-14(15)3)19-17(20)13(2)8-6-5-7-11-18/h5-12H,4H2,1-3H3,(H,19,20)/b6-5-,11-7+,13-8+. The third-order valence-corrected chi connectivity index (χ3v) is 3.13. The van der Waals surface area contributed by atoms with Crippen LogP contribution in [0.5, 0.6) is 0 Å². The van der Waals surface area contributed by atoms with E-state index in [0.717, 1.165) is 12.1 Å². The zero-order chi connectivity index (χ0) is 15.0. The Bertz CT molecular complexity index is 556. The molecule has 20 heavy (non-hydrogen) atoms. The van der Waals surface area contributed by atoms with E-state index in [9.17, 15) is 4.79 Å². The summed E-state index contributed by atoms with van der Waals surface area (Å²) in [4.78, 5) is 12.0. The predicted molar refractivity (Wildman–Crippen MR) is 87.1 cm³/mol. The Morgan fingerprint density at radius 1 is 1.30 bits per heavy atom. The van der Waals surface area contributed by atoms with Crippen molar-refractivity contribution in [2.24, 2.45) is 0 Å². The molecule has 3 heteroatoms. The van der Waals surface area contributed by atoms with E-state index in [2.05, 4.69) is 25.2 Å². The van der Waals surface area contributed by atoms with Gasteiger partial charge in [0.25, 0.3) is 5.91 Å². The van der Waals surface area contributed by atoms with Crippen molar-refractivity contribution in [2.75, 3.05) is 5.32 Å². The van der Waals surface area contributed by atoms with Gasteiger partial charge in [0.15, 0.2) is 0 Å². The molecule has 0 bridgehead atoms. The molecule has 0 aliphatic carbocycles. The molecule has 0 saturated heterocycles.